The molecule has 2 atom stereocenters. The molecule has 1 aromatic rings. The fraction of sp³-hybridized carbons (Fsp3) is 0.750. The molecule has 3 aliphatic rings. The Balaban J connectivity index is 1.53. The van der Waals surface area contributed by atoms with Crippen LogP contribution < -0.4 is 0 Å². The molecule has 2 unspecified atom stereocenters. The SMILES string of the molecule is c1ncc(CN2CCN3CCC34CCC24)s1. The van der Waals surface area contributed by atoms with Gasteiger partial charge in [0, 0.05) is 48.8 Å². The molecule has 0 N–H and O–H groups in total. The van der Waals surface area contributed by atoms with Crippen LogP contribution in [0.2, 0.25) is 0 Å². The summed E-state index contributed by atoms with van der Waals surface area (Å²) >= 11 is 1.80. The van der Waals surface area contributed by atoms with Crippen molar-refractivity contribution < 1.29 is 0 Å². The number of thiazole rings is 1. The summed E-state index contributed by atoms with van der Waals surface area (Å²) in [5.41, 5.74) is 2.56. The van der Waals surface area contributed by atoms with Crippen molar-refractivity contribution in [2.75, 3.05) is 19.6 Å². The van der Waals surface area contributed by atoms with E-state index in [1.54, 1.807) is 11.3 Å². The van der Waals surface area contributed by atoms with E-state index < -0.39 is 0 Å². The van der Waals surface area contributed by atoms with E-state index in [2.05, 4.69) is 14.8 Å². The number of rotatable bonds is 2. The molecule has 4 rings (SSSR count). The standard InChI is InChI=1S/C12H17N3S/c1-2-12-3-4-15(12)6-5-14(11(1)12)8-10-7-13-9-16-10/h7,9,11H,1-6,8H2. The van der Waals surface area contributed by atoms with Gasteiger partial charge in [-0.05, 0) is 19.3 Å². The summed E-state index contributed by atoms with van der Waals surface area (Å²) in [4.78, 5) is 11.0. The summed E-state index contributed by atoms with van der Waals surface area (Å²) in [5, 5.41) is 0. The molecular weight excluding hydrogens is 218 g/mol. The summed E-state index contributed by atoms with van der Waals surface area (Å²) in [7, 11) is 0. The van der Waals surface area contributed by atoms with E-state index in [9.17, 15) is 0 Å². The third kappa shape index (κ3) is 1.13. The number of hydrogen-bond donors (Lipinski definition) is 0. The average Bonchev–Trinajstić information content (AvgIpc) is 2.65. The van der Waals surface area contributed by atoms with Gasteiger partial charge in [0.15, 0.2) is 0 Å². The van der Waals surface area contributed by atoms with Crippen molar-refractivity contribution in [3.8, 4) is 0 Å². The average molecular weight is 235 g/mol. The first-order chi connectivity index (χ1) is 7.88. The lowest BCUT2D eigenvalue weighted by Gasteiger charge is -2.69. The van der Waals surface area contributed by atoms with Crippen LogP contribution in [0.5, 0.6) is 0 Å². The van der Waals surface area contributed by atoms with E-state index in [0.29, 0.717) is 5.54 Å². The quantitative estimate of drug-likeness (QED) is 0.775. The molecule has 0 radical (unpaired) electrons. The fourth-order valence-electron chi connectivity index (χ4n) is 3.80. The van der Waals surface area contributed by atoms with Crippen LogP contribution >= 0.6 is 11.3 Å². The van der Waals surface area contributed by atoms with Gasteiger partial charge in [0.25, 0.3) is 0 Å². The molecule has 1 aromatic heterocycles. The van der Waals surface area contributed by atoms with E-state index in [-0.39, 0.29) is 0 Å². The molecule has 0 bridgehead atoms. The van der Waals surface area contributed by atoms with Crippen molar-refractivity contribution in [2.24, 2.45) is 0 Å². The minimum Gasteiger partial charge on any atom is -0.295 e. The molecule has 1 aliphatic carbocycles. The van der Waals surface area contributed by atoms with Crippen molar-refractivity contribution >= 4 is 11.3 Å². The number of hydrogen-bond acceptors (Lipinski definition) is 4. The first kappa shape index (κ1) is 9.57. The third-order valence-electron chi connectivity index (χ3n) is 4.86. The van der Waals surface area contributed by atoms with E-state index in [1.165, 1.54) is 43.8 Å². The second-order valence-corrected chi connectivity index (χ2v) is 6.30. The minimum atomic E-state index is 0.614. The molecule has 1 saturated carbocycles. The smallest absolute Gasteiger partial charge is 0.0794 e. The lowest BCUT2D eigenvalue weighted by Crippen LogP contribution is -2.79. The highest BCUT2D eigenvalue weighted by molar-refractivity contribution is 7.09. The Morgan fingerprint density at radius 3 is 3.00 bits per heavy atom. The first-order valence-electron chi connectivity index (χ1n) is 6.25. The van der Waals surface area contributed by atoms with Crippen LogP contribution in [-0.4, -0.2) is 46.0 Å². The zero-order chi connectivity index (χ0) is 10.6. The Kier molecular flexibility index (Phi) is 1.96. The van der Waals surface area contributed by atoms with Crippen molar-refractivity contribution in [1.82, 2.24) is 14.8 Å². The maximum Gasteiger partial charge on any atom is 0.0794 e. The summed E-state index contributed by atoms with van der Waals surface area (Å²) in [5.74, 6) is 0. The Bertz CT molecular complexity index is 387. The summed E-state index contributed by atoms with van der Waals surface area (Å²) in [6.45, 7) is 5.02. The Labute approximate surface area is 100 Å². The topological polar surface area (TPSA) is 19.4 Å². The van der Waals surface area contributed by atoms with Crippen LogP contribution in [0.1, 0.15) is 24.1 Å². The lowest BCUT2D eigenvalue weighted by molar-refractivity contribution is -0.176. The van der Waals surface area contributed by atoms with E-state index >= 15 is 0 Å². The zero-order valence-corrected chi connectivity index (χ0v) is 10.2. The van der Waals surface area contributed by atoms with Crippen LogP contribution in [0.4, 0.5) is 0 Å². The fourth-order valence-corrected chi connectivity index (χ4v) is 4.41. The van der Waals surface area contributed by atoms with Gasteiger partial charge >= 0.3 is 0 Å². The third-order valence-corrected chi connectivity index (χ3v) is 5.62. The minimum absolute atomic E-state index is 0.614. The van der Waals surface area contributed by atoms with E-state index in [0.717, 1.165) is 12.6 Å². The van der Waals surface area contributed by atoms with Crippen molar-refractivity contribution in [1.29, 1.82) is 0 Å². The predicted molar refractivity (Wildman–Crippen MR) is 64.5 cm³/mol. The monoisotopic (exact) mass is 235 g/mol. The van der Waals surface area contributed by atoms with Gasteiger partial charge < -0.3 is 0 Å². The van der Waals surface area contributed by atoms with Gasteiger partial charge in [-0.1, -0.05) is 0 Å². The lowest BCUT2D eigenvalue weighted by atomic mass is 9.61. The normalized spacial score (nSPS) is 38.4. The maximum absolute atomic E-state index is 4.18. The molecule has 3 heterocycles. The molecule has 3 nitrogen and oxygen atoms in total. The highest BCUT2D eigenvalue weighted by atomic mass is 32.1. The molecule has 0 amide bonds. The molecule has 16 heavy (non-hydrogen) atoms. The highest BCUT2D eigenvalue weighted by Gasteiger charge is 2.59. The van der Waals surface area contributed by atoms with Gasteiger partial charge in [-0.15, -0.1) is 11.3 Å². The second-order valence-electron chi connectivity index (χ2n) is 5.33. The van der Waals surface area contributed by atoms with E-state index in [4.69, 9.17) is 0 Å². The Morgan fingerprint density at radius 1 is 1.38 bits per heavy atom. The maximum atomic E-state index is 4.18. The summed E-state index contributed by atoms with van der Waals surface area (Å²) < 4.78 is 0. The largest absolute Gasteiger partial charge is 0.295 e. The number of piperazine rings is 1. The van der Waals surface area contributed by atoms with Crippen LogP contribution in [0, 0.1) is 0 Å². The van der Waals surface area contributed by atoms with Crippen LogP contribution in [-0.2, 0) is 6.54 Å². The van der Waals surface area contributed by atoms with Crippen molar-refractivity contribution in [3.05, 3.63) is 16.6 Å². The Hall–Kier alpha value is -0.450. The Morgan fingerprint density at radius 2 is 2.38 bits per heavy atom. The second kappa shape index (κ2) is 3.28. The number of aromatic nitrogens is 1. The van der Waals surface area contributed by atoms with E-state index in [1.807, 2.05) is 11.7 Å². The zero-order valence-electron chi connectivity index (χ0n) is 9.43. The molecule has 86 valence electrons. The van der Waals surface area contributed by atoms with Gasteiger partial charge in [0.05, 0.1) is 5.51 Å². The molecule has 2 aliphatic heterocycles. The highest BCUT2D eigenvalue weighted by Crippen LogP contribution is 2.51. The summed E-state index contributed by atoms with van der Waals surface area (Å²) in [6, 6.07) is 0.845. The first-order valence-corrected chi connectivity index (χ1v) is 7.13. The van der Waals surface area contributed by atoms with Gasteiger partial charge in [0.2, 0.25) is 0 Å². The molecule has 2 saturated heterocycles. The molecule has 0 aromatic carbocycles. The van der Waals surface area contributed by atoms with Crippen LogP contribution in [0.25, 0.3) is 0 Å². The van der Waals surface area contributed by atoms with Crippen molar-refractivity contribution in [3.63, 3.8) is 0 Å². The van der Waals surface area contributed by atoms with Gasteiger partial charge in [-0.2, -0.15) is 0 Å². The van der Waals surface area contributed by atoms with Crippen molar-refractivity contribution in [2.45, 2.75) is 37.4 Å². The number of nitrogens with zero attached hydrogens (tertiary/aromatic N) is 3. The van der Waals surface area contributed by atoms with Gasteiger partial charge in [-0.25, -0.2) is 0 Å². The summed E-state index contributed by atoms with van der Waals surface area (Å²) in [6.07, 6.45) is 6.33. The van der Waals surface area contributed by atoms with Crippen LogP contribution in [0.15, 0.2) is 11.7 Å². The molecule has 4 heteroatoms. The molecule has 3 fully saturated rings. The predicted octanol–water partition coefficient (Wildman–Crippen LogP) is 1.57. The van der Waals surface area contributed by atoms with Crippen LogP contribution in [0.3, 0.4) is 0 Å². The van der Waals surface area contributed by atoms with Gasteiger partial charge in [-0.3, -0.25) is 14.8 Å². The molecule has 1 spiro atoms. The molecular formula is C12H17N3S. The van der Waals surface area contributed by atoms with Gasteiger partial charge in [0.1, 0.15) is 0 Å².